The molecule has 0 aliphatic carbocycles. The van der Waals surface area contributed by atoms with Gasteiger partial charge in [-0.05, 0) is 36.8 Å². The normalized spacial score (nSPS) is 12.3. The first kappa shape index (κ1) is 20.6. The number of nitrogens with zero attached hydrogens (tertiary/aromatic N) is 5. The van der Waals surface area contributed by atoms with Gasteiger partial charge in [-0.25, -0.2) is 9.66 Å². The number of hydrogen-bond donors (Lipinski definition) is 0. The summed E-state index contributed by atoms with van der Waals surface area (Å²) in [5, 5.41) is 6.92. The van der Waals surface area contributed by atoms with Crippen LogP contribution < -0.4 is 14.3 Å². The Bertz CT molecular complexity index is 1270. The molecule has 2 aromatic carbocycles. The van der Waals surface area contributed by atoms with Crippen molar-refractivity contribution in [1.82, 2.24) is 14.2 Å². The van der Waals surface area contributed by atoms with E-state index >= 15 is 0 Å². The highest BCUT2D eigenvalue weighted by molar-refractivity contribution is 7.07. The Morgan fingerprint density at radius 1 is 1.06 bits per heavy atom. The maximum atomic E-state index is 5.60. The van der Waals surface area contributed by atoms with Gasteiger partial charge < -0.3 is 14.0 Å². The van der Waals surface area contributed by atoms with Crippen LogP contribution in [0.3, 0.4) is 0 Å². The van der Waals surface area contributed by atoms with Gasteiger partial charge in [0.05, 0.1) is 32.0 Å². The van der Waals surface area contributed by atoms with Crippen LogP contribution in [0.4, 0.5) is 0 Å². The quantitative estimate of drug-likeness (QED) is 0.428. The molecule has 0 bridgehead atoms. The first-order valence-electron chi connectivity index (χ1n) is 9.64. The van der Waals surface area contributed by atoms with Crippen LogP contribution >= 0.6 is 11.3 Å². The molecule has 0 atom stereocenters. The Morgan fingerprint density at radius 2 is 1.87 bits per heavy atom. The molecule has 4 aromatic rings. The van der Waals surface area contributed by atoms with E-state index < -0.39 is 0 Å². The summed E-state index contributed by atoms with van der Waals surface area (Å²) in [6.07, 6.45) is 5.46. The number of thiazole rings is 1. The second-order valence-corrected chi connectivity index (χ2v) is 7.54. The minimum atomic E-state index is 0.714. The second-order valence-electron chi connectivity index (χ2n) is 6.71. The first-order chi connectivity index (χ1) is 15.1. The molecule has 0 fully saturated rings. The Kier molecular flexibility index (Phi) is 5.99. The van der Waals surface area contributed by atoms with E-state index in [9.17, 15) is 0 Å². The Hall–Kier alpha value is -3.65. The third kappa shape index (κ3) is 4.15. The van der Waals surface area contributed by atoms with Gasteiger partial charge in [0.25, 0.3) is 0 Å². The summed E-state index contributed by atoms with van der Waals surface area (Å²) >= 11 is 1.53. The molecule has 0 unspecified atom stereocenters. The van der Waals surface area contributed by atoms with Crippen molar-refractivity contribution in [2.75, 3.05) is 21.3 Å². The average molecular weight is 434 g/mol. The summed E-state index contributed by atoms with van der Waals surface area (Å²) < 4.78 is 14.7. The molecular weight excluding hydrogens is 410 g/mol. The number of methoxy groups -OCH3 is 2. The van der Waals surface area contributed by atoms with Gasteiger partial charge in [-0.15, -0.1) is 11.3 Å². The monoisotopic (exact) mass is 433 g/mol. The van der Waals surface area contributed by atoms with Crippen molar-refractivity contribution in [2.24, 2.45) is 10.1 Å². The first-order valence-corrected chi connectivity index (χ1v) is 10.5. The third-order valence-corrected chi connectivity index (χ3v) is 5.81. The van der Waals surface area contributed by atoms with E-state index in [-0.39, 0.29) is 0 Å². The van der Waals surface area contributed by atoms with E-state index in [1.165, 1.54) is 11.3 Å². The van der Waals surface area contributed by atoms with Gasteiger partial charge in [0.2, 0.25) is 4.80 Å². The number of ether oxygens (including phenoxy) is 2. The van der Waals surface area contributed by atoms with Crippen molar-refractivity contribution in [2.45, 2.75) is 6.92 Å². The minimum Gasteiger partial charge on any atom is -0.497 e. The lowest BCUT2D eigenvalue weighted by atomic mass is 10.1. The van der Waals surface area contributed by atoms with Gasteiger partial charge >= 0.3 is 0 Å². The zero-order valence-corrected chi connectivity index (χ0v) is 18.6. The highest BCUT2D eigenvalue weighted by Gasteiger charge is 2.14. The Labute approximate surface area is 184 Å². The lowest BCUT2D eigenvalue weighted by molar-refractivity contribution is 0.395. The molecule has 7 nitrogen and oxygen atoms in total. The smallest absolute Gasteiger partial charge is 0.205 e. The van der Waals surface area contributed by atoms with Crippen molar-refractivity contribution in [3.63, 3.8) is 0 Å². The molecule has 2 heterocycles. The van der Waals surface area contributed by atoms with Crippen molar-refractivity contribution < 1.29 is 9.47 Å². The zero-order chi connectivity index (χ0) is 21.8. The van der Waals surface area contributed by atoms with E-state index in [2.05, 4.69) is 22.1 Å². The maximum absolute atomic E-state index is 5.60. The molecule has 4 rings (SSSR count). The van der Waals surface area contributed by atoms with Crippen molar-refractivity contribution >= 4 is 17.0 Å². The van der Waals surface area contributed by atoms with Crippen LogP contribution in [0.2, 0.25) is 0 Å². The molecule has 0 radical (unpaired) electrons. The fourth-order valence-corrected chi connectivity index (χ4v) is 4.03. The summed E-state index contributed by atoms with van der Waals surface area (Å²) in [6, 6.07) is 14.0. The molecule has 0 aliphatic heterocycles. The van der Waals surface area contributed by atoms with E-state index in [0.29, 0.717) is 5.75 Å². The summed E-state index contributed by atoms with van der Waals surface area (Å²) in [7, 11) is 5.05. The van der Waals surface area contributed by atoms with E-state index in [0.717, 1.165) is 38.8 Å². The largest absolute Gasteiger partial charge is 0.497 e. The summed E-state index contributed by atoms with van der Waals surface area (Å²) in [5.41, 5.74) is 4.77. The Balaban J connectivity index is 1.75. The van der Waals surface area contributed by atoms with Crippen molar-refractivity contribution in [1.29, 1.82) is 0 Å². The maximum Gasteiger partial charge on any atom is 0.205 e. The van der Waals surface area contributed by atoms with E-state index in [1.807, 2.05) is 58.1 Å². The standard InChI is InChI=1S/C23H23N5O2S/c1-16(17-5-7-18(8-6-17)27-12-11-25-15-27)26-28-21(14-31-23(28)24-2)20-10-9-19(29-3)13-22(20)30-4/h5-15H,1-4H3. The number of imidazole rings is 1. The molecule has 0 N–H and O–H groups in total. The summed E-state index contributed by atoms with van der Waals surface area (Å²) in [4.78, 5) is 9.29. The predicted octanol–water partition coefficient (Wildman–Crippen LogP) is 4.22. The predicted molar refractivity (Wildman–Crippen MR) is 124 cm³/mol. The molecule has 0 spiro atoms. The van der Waals surface area contributed by atoms with Gasteiger partial charge in [-0.2, -0.15) is 5.10 Å². The number of rotatable bonds is 6. The number of benzene rings is 2. The van der Waals surface area contributed by atoms with Crippen LogP contribution in [0.1, 0.15) is 12.5 Å². The topological polar surface area (TPSA) is 65.9 Å². The van der Waals surface area contributed by atoms with E-state index in [1.54, 1.807) is 33.8 Å². The van der Waals surface area contributed by atoms with Crippen LogP contribution in [0, 0.1) is 0 Å². The van der Waals surface area contributed by atoms with Gasteiger partial charge in [0, 0.05) is 42.1 Å². The summed E-state index contributed by atoms with van der Waals surface area (Å²) in [5.74, 6) is 1.45. The van der Waals surface area contributed by atoms with E-state index in [4.69, 9.17) is 14.6 Å². The van der Waals surface area contributed by atoms with Gasteiger partial charge in [-0.1, -0.05) is 12.1 Å². The number of aromatic nitrogens is 3. The zero-order valence-electron chi connectivity index (χ0n) is 17.8. The van der Waals surface area contributed by atoms with Crippen LogP contribution in [-0.4, -0.2) is 41.2 Å². The van der Waals surface area contributed by atoms with Gasteiger partial charge in [0.1, 0.15) is 11.5 Å². The molecule has 0 aliphatic rings. The molecule has 2 aromatic heterocycles. The van der Waals surface area contributed by atoms with Gasteiger partial charge in [-0.3, -0.25) is 4.99 Å². The molecule has 158 valence electrons. The molecular formula is C23H23N5O2S. The fraction of sp³-hybridized carbons (Fsp3) is 0.174. The Morgan fingerprint density at radius 3 is 2.52 bits per heavy atom. The van der Waals surface area contributed by atoms with Crippen molar-refractivity contribution in [3.05, 3.63) is 76.9 Å². The van der Waals surface area contributed by atoms with Crippen molar-refractivity contribution in [3.8, 4) is 28.4 Å². The van der Waals surface area contributed by atoms with Crippen LogP contribution in [-0.2, 0) is 0 Å². The molecule has 31 heavy (non-hydrogen) atoms. The third-order valence-electron chi connectivity index (χ3n) is 4.90. The second kappa shape index (κ2) is 9.01. The van der Waals surface area contributed by atoms with Crippen LogP contribution in [0.15, 0.2) is 76.7 Å². The molecule has 8 heteroatoms. The van der Waals surface area contributed by atoms with Crippen LogP contribution in [0.25, 0.3) is 16.9 Å². The number of hydrogen-bond acceptors (Lipinski definition) is 6. The lowest BCUT2D eigenvalue weighted by Crippen LogP contribution is -2.14. The lowest BCUT2D eigenvalue weighted by Gasteiger charge is -2.11. The minimum absolute atomic E-state index is 0.714. The fourth-order valence-electron chi connectivity index (χ4n) is 3.24. The highest BCUT2D eigenvalue weighted by Crippen LogP contribution is 2.33. The SMILES string of the molecule is CN=c1scc(-c2ccc(OC)cc2OC)n1N=C(C)c1ccc(-n2ccnc2)cc1. The highest BCUT2D eigenvalue weighted by atomic mass is 32.1. The average Bonchev–Trinajstić information content (AvgIpc) is 3.49. The molecule has 0 saturated carbocycles. The summed E-state index contributed by atoms with van der Waals surface area (Å²) in [6.45, 7) is 1.99. The molecule has 0 amide bonds. The van der Waals surface area contributed by atoms with Crippen LogP contribution in [0.5, 0.6) is 11.5 Å². The molecule has 0 saturated heterocycles. The van der Waals surface area contributed by atoms with Gasteiger partial charge in [0.15, 0.2) is 0 Å².